The summed E-state index contributed by atoms with van der Waals surface area (Å²) in [6.45, 7) is 5.18. The number of benzene rings is 1. The van der Waals surface area contributed by atoms with Crippen LogP contribution in [0.4, 0.5) is 13.2 Å². The summed E-state index contributed by atoms with van der Waals surface area (Å²) in [6.07, 6.45) is -3.50. The lowest BCUT2D eigenvalue weighted by atomic mass is 9.98. The van der Waals surface area contributed by atoms with Gasteiger partial charge in [-0.15, -0.1) is 0 Å². The first-order valence-electron chi connectivity index (χ1n) is 7.28. The van der Waals surface area contributed by atoms with Crippen LogP contribution < -0.4 is 5.32 Å². The maximum Gasteiger partial charge on any atom is 0.401 e. The Hall–Kier alpha value is -1.07. The van der Waals surface area contributed by atoms with E-state index in [4.69, 9.17) is 0 Å². The third-order valence-corrected chi connectivity index (χ3v) is 3.73. The van der Waals surface area contributed by atoms with Gasteiger partial charge >= 0.3 is 6.18 Å². The third-order valence-electron chi connectivity index (χ3n) is 3.73. The normalized spacial score (nSPS) is 14.0. The summed E-state index contributed by atoms with van der Waals surface area (Å²) < 4.78 is 37.8. The van der Waals surface area contributed by atoms with Gasteiger partial charge in [0.2, 0.25) is 0 Å². The second-order valence-electron chi connectivity index (χ2n) is 5.67. The van der Waals surface area contributed by atoms with Crippen LogP contribution in [0.15, 0.2) is 24.3 Å². The molecule has 0 fully saturated rings. The van der Waals surface area contributed by atoms with Gasteiger partial charge in [-0.25, -0.2) is 0 Å². The van der Waals surface area contributed by atoms with Crippen LogP contribution in [0.3, 0.4) is 0 Å². The molecule has 2 nitrogen and oxygen atoms in total. The number of hydrogen-bond donors (Lipinski definition) is 1. The van der Waals surface area contributed by atoms with Gasteiger partial charge in [-0.3, -0.25) is 4.90 Å². The maximum atomic E-state index is 12.6. The number of rotatable bonds is 7. The fourth-order valence-electron chi connectivity index (χ4n) is 2.48. The molecule has 0 saturated carbocycles. The first kappa shape index (κ1) is 18.0. The molecule has 5 heteroatoms. The molecule has 0 saturated heterocycles. The van der Waals surface area contributed by atoms with Crippen molar-refractivity contribution in [2.24, 2.45) is 0 Å². The van der Waals surface area contributed by atoms with E-state index in [1.807, 2.05) is 38.2 Å². The summed E-state index contributed by atoms with van der Waals surface area (Å²) in [5, 5.41) is 3.21. The molecular weight excluding hydrogens is 277 g/mol. The summed E-state index contributed by atoms with van der Waals surface area (Å²) in [6, 6.07) is 7.93. The Morgan fingerprint density at radius 3 is 2.29 bits per heavy atom. The molecule has 0 amide bonds. The van der Waals surface area contributed by atoms with Crippen molar-refractivity contribution in [3.63, 3.8) is 0 Å². The molecule has 1 atom stereocenters. The second kappa shape index (κ2) is 7.80. The lowest BCUT2D eigenvalue weighted by Gasteiger charge is -2.29. The monoisotopic (exact) mass is 302 g/mol. The Bertz CT molecular complexity index is 430. The Labute approximate surface area is 125 Å². The minimum absolute atomic E-state index is 0.0701. The Morgan fingerprint density at radius 2 is 1.81 bits per heavy atom. The Morgan fingerprint density at radius 1 is 1.19 bits per heavy atom. The highest BCUT2D eigenvalue weighted by Gasteiger charge is 2.31. The van der Waals surface area contributed by atoms with Crippen molar-refractivity contribution in [3.05, 3.63) is 35.4 Å². The van der Waals surface area contributed by atoms with Gasteiger partial charge in [0.25, 0.3) is 0 Å². The average molecular weight is 302 g/mol. The van der Waals surface area contributed by atoms with E-state index in [0.29, 0.717) is 13.0 Å². The molecule has 0 bridgehead atoms. The largest absolute Gasteiger partial charge is 0.401 e. The van der Waals surface area contributed by atoms with Gasteiger partial charge in [0, 0.05) is 18.6 Å². The van der Waals surface area contributed by atoms with Crippen molar-refractivity contribution in [1.29, 1.82) is 0 Å². The van der Waals surface area contributed by atoms with Gasteiger partial charge < -0.3 is 5.32 Å². The number of nitrogens with zero attached hydrogens (tertiary/aromatic N) is 1. The zero-order valence-electron chi connectivity index (χ0n) is 13.2. The molecule has 0 aliphatic carbocycles. The predicted octanol–water partition coefficient (Wildman–Crippen LogP) is 3.92. The van der Waals surface area contributed by atoms with Gasteiger partial charge in [0.1, 0.15) is 0 Å². The van der Waals surface area contributed by atoms with E-state index in [0.717, 1.165) is 11.1 Å². The van der Waals surface area contributed by atoms with Crippen molar-refractivity contribution in [2.45, 2.75) is 45.5 Å². The predicted molar refractivity (Wildman–Crippen MR) is 80.4 cm³/mol. The van der Waals surface area contributed by atoms with Crippen LogP contribution in [0.25, 0.3) is 0 Å². The summed E-state index contributed by atoms with van der Waals surface area (Å²) in [5.41, 5.74) is 2.31. The van der Waals surface area contributed by atoms with E-state index < -0.39 is 12.7 Å². The smallest absolute Gasteiger partial charge is 0.313 e. The van der Waals surface area contributed by atoms with Gasteiger partial charge in [-0.1, -0.05) is 24.3 Å². The Balaban J connectivity index is 2.71. The molecule has 1 unspecified atom stereocenters. The van der Waals surface area contributed by atoms with Crippen LogP contribution in [0.1, 0.15) is 37.4 Å². The Kier molecular flexibility index (Phi) is 6.68. The topological polar surface area (TPSA) is 15.3 Å². The molecule has 1 rings (SSSR count). The summed E-state index contributed by atoms with van der Waals surface area (Å²) >= 11 is 0. The molecule has 0 aromatic heterocycles. The number of halogens is 3. The van der Waals surface area contributed by atoms with Crippen LogP contribution in [0, 0.1) is 6.92 Å². The molecule has 21 heavy (non-hydrogen) atoms. The highest BCUT2D eigenvalue weighted by molar-refractivity contribution is 5.28. The first-order chi connectivity index (χ1) is 9.74. The molecule has 0 aliphatic heterocycles. The van der Waals surface area contributed by atoms with E-state index in [1.54, 1.807) is 13.8 Å². The highest BCUT2D eigenvalue weighted by atomic mass is 19.4. The van der Waals surface area contributed by atoms with Crippen LogP contribution in [0.5, 0.6) is 0 Å². The second-order valence-corrected chi connectivity index (χ2v) is 5.67. The van der Waals surface area contributed by atoms with Gasteiger partial charge in [-0.2, -0.15) is 13.2 Å². The summed E-state index contributed by atoms with van der Waals surface area (Å²) in [4.78, 5) is 1.47. The standard InChI is InChI=1S/C16H25F3N2/c1-12(2)21(11-16(17,18)19)10-9-15(20-4)14-8-6-5-7-13(14)3/h5-8,12,15,20H,9-11H2,1-4H3. The molecule has 120 valence electrons. The minimum atomic E-state index is -4.15. The van der Waals surface area contributed by atoms with E-state index >= 15 is 0 Å². The molecule has 1 aromatic carbocycles. The molecule has 0 radical (unpaired) electrons. The minimum Gasteiger partial charge on any atom is -0.313 e. The lowest BCUT2D eigenvalue weighted by molar-refractivity contribution is -0.149. The van der Waals surface area contributed by atoms with Crippen LogP contribution in [-0.4, -0.2) is 37.3 Å². The van der Waals surface area contributed by atoms with Crippen molar-refractivity contribution in [3.8, 4) is 0 Å². The molecule has 0 heterocycles. The lowest BCUT2D eigenvalue weighted by Crippen LogP contribution is -2.40. The molecule has 0 spiro atoms. The van der Waals surface area contributed by atoms with Crippen molar-refractivity contribution < 1.29 is 13.2 Å². The van der Waals surface area contributed by atoms with Gasteiger partial charge in [-0.05, 0) is 45.4 Å². The number of nitrogens with one attached hydrogen (secondary N) is 1. The van der Waals surface area contributed by atoms with Crippen LogP contribution >= 0.6 is 0 Å². The van der Waals surface area contributed by atoms with Gasteiger partial charge in [0.15, 0.2) is 0 Å². The first-order valence-corrected chi connectivity index (χ1v) is 7.28. The van der Waals surface area contributed by atoms with Crippen LogP contribution in [0.2, 0.25) is 0 Å². The fourth-order valence-corrected chi connectivity index (χ4v) is 2.48. The zero-order chi connectivity index (χ0) is 16.0. The van der Waals surface area contributed by atoms with Crippen LogP contribution in [-0.2, 0) is 0 Å². The number of alkyl halides is 3. The SMILES string of the molecule is CNC(CCN(CC(F)(F)F)C(C)C)c1ccccc1C. The average Bonchev–Trinajstić information content (AvgIpc) is 2.38. The van der Waals surface area contributed by atoms with E-state index in [1.165, 1.54) is 4.90 Å². The highest BCUT2D eigenvalue weighted by Crippen LogP contribution is 2.23. The van der Waals surface area contributed by atoms with Crippen molar-refractivity contribution >= 4 is 0 Å². The van der Waals surface area contributed by atoms with Crippen molar-refractivity contribution in [1.82, 2.24) is 10.2 Å². The molecular formula is C16H25F3N2. The summed E-state index contributed by atoms with van der Waals surface area (Å²) in [5.74, 6) is 0. The van der Waals surface area contributed by atoms with E-state index in [-0.39, 0.29) is 12.1 Å². The van der Waals surface area contributed by atoms with E-state index in [9.17, 15) is 13.2 Å². The van der Waals surface area contributed by atoms with E-state index in [2.05, 4.69) is 5.32 Å². The summed E-state index contributed by atoms with van der Waals surface area (Å²) in [7, 11) is 1.85. The number of aryl methyl sites for hydroxylation is 1. The molecule has 1 N–H and O–H groups in total. The third kappa shape index (κ3) is 6.06. The van der Waals surface area contributed by atoms with Gasteiger partial charge in [0.05, 0.1) is 6.54 Å². The molecule has 0 aliphatic rings. The quantitative estimate of drug-likeness (QED) is 0.821. The number of hydrogen-bond acceptors (Lipinski definition) is 2. The van der Waals surface area contributed by atoms with Crippen molar-refractivity contribution in [2.75, 3.05) is 20.1 Å². The molecule has 1 aromatic rings. The zero-order valence-corrected chi connectivity index (χ0v) is 13.2. The maximum absolute atomic E-state index is 12.6. The fraction of sp³-hybridized carbons (Fsp3) is 0.625.